The molecule has 0 radical (unpaired) electrons. The van der Waals surface area contributed by atoms with Gasteiger partial charge in [0, 0.05) is 37.6 Å². The summed E-state index contributed by atoms with van der Waals surface area (Å²) >= 11 is 3.71. The lowest BCUT2D eigenvalue weighted by Crippen LogP contribution is -2.59. The van der Waals surface area contributed by atoms with E-state index in [4.69, 9.17) is 14.2 Å². The molecule has 1 spiro atoms. The summed E-state index contributed by atoms with van der Waals surface area (Å²) in [6, 6.07) is -1.55. The average molecular weight is 641 g/mol. The van der Waals surface area contributed by atoms with E-state index in [9.17, 15) is 19.5 Å². The average Bonchev–Trinajstić information content (AvgIpc) is 3.55. The molecule has 11 heteroatoms. The number of amides is 2. The maximum Gasteiger partial charge on any atom is 0.312 e. The number of aliphatic hydroxyl groups excluding tert-OH is 1. The van der Waals surface area contributed by atoms with E-state index >= 15 is 0 Å². The van der Waals surface area contributed by atoms with Crippen molar-refractivity contribution < 1.29 is 33.7 Å². The van der Waals surface area contributed by atoms with Crippen LogP contribution in [0.25, 0.3) is 0 Å². The molecule has 4 aliphatic rings. The predicted octanol–water partition coefficient (Wildman–Crippen LogP) is 2.00. The number of morpholine rings is 1. The highest BCUT2D eigenvalue weighted by molar-refractivity contribution is 9.09. The molecule has 4 saturated heterocycles. The number of unbranched alkanes of at least 4 members (excludes halogenated alkanes) is 1. The van der Waals surface area contributed by atoms with Gasteiger partial charge in [-0.2, -0.15) is 0 Å². The van der Waals surface area contributed by atoms with Gasteiger partial charge in [0.25, 0.3) is 0 Å². The number of nitrogens with zero attached hydrogens (tertiary/aromatic N) is 3. The zero-order valence-electron chi connectivity index (χ0n) is 24.4. The molecule has 7 atom stereocenters. The third-order valence-corrected chi connectivity index (χ3v) is 9.67. The van der Waals surface area contributed by atoms with Gasteiger partial charge in [0.1, 0.15) is 11.6 Å². The number of hydrogen-bond donors (Lipinski definition) is 1. The van der Waals surface area contributed by atoms with Crippen molar-refractivity contribution in [2.45, 2.75) is 68.1 Å². The quantitative estimate of drug-likeness (QED) is 0.125. The number of fused-ring (bicyclic) bond motifs is 1. The van der Waals surface area contributed by atoms with Crippen LogP contribution in [0.15, 0.2) is 25.3 Å². The number of likely N-dealkylation sites (tertiary alicyclic amines) is 1. The first kappa shape index (κ1) is 32.1. The van der Waals surface area contributed by atoms with Gasteiger partial charge in [-0.3, -0.25) is 19.3 Å². The van der Waals surface area contributed by atoms with E-state index in [1.54, 1.807) is 22.0 Å². The maximum atomic E-state index is 14.6. The summed E-state index contributed by atoms with van der Waals surface area (Å²) in [6.07, 6.45) is 5.16. The summed E-state index contributed by atoms with van der Waals surface area (Å²) in [5.74, 6) is -2.54. The minimum Gasteiger partial charge on any atom is -0.465 e. The van der Waals surface area contributed by atoms with Crippen LogP contribution in [0, 0.1) is 17.8 Å². The summed E-state index contributed by atoms with van der Waals surface area (Å²) in [5, 5.41) is 10.5. The molecule has 0 aromatic rings. The van der Waals surface area contributed by atoms with Crippen molar-refractivity contribution in [3.63, 3.8) is 0 Å². The molecule has 0 aromatic carbocycles. The number of ether oxygens (including phenoxy) is 3. The van der Waals surface area contributed by atoms with E-state index in [0.29, 0.717) is 58.5 Å². The summed E-state index contributed by atoms with van der Waals surface area (Å²) in [7, 11) is 0. The molecular weight excluding hydrogens is 594 g/mol. The van der Waals surface area contributed by atoms with Gasteiger partial charge in [-0.25, -0.2) is 0 Å². The molecule has 0 saturated carbocycles. The predicted molar refractivity (Wildman–Crippen MR) is 157 cm³/mol. The SMILES string of the molecule is C=CCCCOC(=O)[C@H]1[C@@H]2OC3(CC2Br)C(C(=O)N(CC=C)CCN2CCOCC2)N([C@@H](CO)CC(C)C)C(=O)[C@H]13. The lowest BCUT2D eigenvalue weighted by Gasteiger charge is -2.40. The van der Waals surface area contributed by atoms with Crippen LogP contribution in [0.2, 0.25) is 0 Å². The van der Waals surface area contributed by atoms with Gasteiger partial charge in [0.2, 0.25) is 11.8 Å². The third kappa shape index (κ3) is 6.44. The zero-order valence-corrected chi connectivity index (χ0v) is 26.0. The largest absolute Gasteiger partial charge is 0.465 e. The Morgan fingerprint density at radius 3 is 2.63 bits per heavy atom. The molecule has 10 nitrogen and oxygen atoms in total. The van der Waals surface area contributed by atoms with E-state index in [0.717, 1.165) is 13.1 Å². The van der Waals surface area contributed by atoms with Crippen molar-refractivity contribution in [2.24, 2.45) is 17.8 Å². The molecule has 2 amide bonds. The molecule has 1 N–H and O–H groups in total. The highest BCUT2D eigenvalue weighted by atomic mass is 79.9. The number of rotatable bonds is 15. The van der Waals surface area contributed by atoms with Crippen molar-refractivity contribution in [3.8, 4) is 0 Å². The van der Waals surface area contributed by atoms with Crippen LogP contribution in [0.3, 0.4) is 0 Å². The van der Waals surface area contributed by atoms with E-state index in [1.165, 1.54) is 0 Å². The van der Waals surface area contributed by atoms with Crippen LogP contribution < -0.4 is 0 Å². The minimum atomic E-state index is -1.19. The fourth-order valence-corrected chi connectivity index (χ4v) is 7.98. The lowest BCUT2D eigenvalue weighted by atomic mass is 9.70. The monoisotopic (exact) mass is 639 g/mol. The first-order valence-electron chi connectivity index (χ1n) is 14.9. The highest BCUT2D eigenvalue weighted by Crippen LogP contribution is 2.60. The Labute approximate surface area is 252 Å². The van der Waals surface area contributed by atoms with Crippen LogP contribution in [0.1, 0.15) is 39.5 Å². The summed E-state index contributed by atoms with van der Waals surface area (Å²) in [5.41, 5.74) is -1.19. The van der Waals surface area contributed by atoms with Crippen LogP contribution in [0.5, 0.6) is 0 Å². The zero-order chi connectivity index (χ0) is 29.7. The Hall–Kier alpha value is -1.79. The van der Waals surface area contributed by atoms with Crippen LogP contribution in [0.4, 0.5) is 0 Å². The number of hydrogen-bond acceptors (Lipinski definition) is 8. The molecule has 2 bridgehead atoms. The van der Waals surface area contributed by atoms with Crippen molar-refractivity contribution in [2.75, 3.05) is 59.2 Å². The number of allylic oxidation sites excluding steroid dienone is 1. The molecular formula is C30H46BrN3O7. The number of esters is 1. The third-order valence-electron chi connectivity index (χ3n) is 8.83. The van der Waals surface area contributed by atoms with Crippen molar-refractivity contribution in [1.82, 2.24) is 14.7 Å². The second kappa shape index (κ2) is 14.1. The molecule has 0 aromatic heterocycles. The maximum absolute atomic E-state index is 14.6. The fraction of sp³-hybridized carbons (Fsp3) is 0.767. The Morgan fingerprint density at radius 1 is 1.27 bits per heavy atom. The molecule has 4 aliphatic heterocycles. The van der Waals surface area contributed by atoms with Crippen molar-refractivity contribution >= 4 is 33.7 Å². The van der Waals surface area contributed by atoms with Crippen LogP contribution in [-0.2, 0) is 28.6 Å². The van der Waals surface area contributed by atoms with Gasteiger partial charge in [0.15, 0.2) is 0 Å². The summed E-state index contributed by atoms with van der Waals surface area (Å²) < 4.78 is 17.7. The summed E-state index contributed by atoms with van der Waals surface area (Å²) in [6.45, 7) is 15.9. The van der Waals surface area contributed by atoms with E-state index in [1.807, 2.05) is 13.8 Å². The number of carbonyl (C=O) groups is 3. The Morgan fingerprint density at radius 2 is 2.00 bits per heavy atom. The Balaban J connectivity index is 1.67. The number of halogens is 1. The van der Waals surface area contributed by atoms with Gasteiger partial charge in [-0.15, -0.1) is 13.2 Å². The lowest BCUT2D eigenvalue weighted by molar-refractivity contribution is -0.156. The topological polar surface area (TPSA) is 109 Å². The van der Waals surface area contributed by atoms with Gasteiger partial charge in [0.05, 0.1) is 50.4 Å². The molecule has 230 valence electrons. The smallest absolute Gasteiger partial charge is 0.312 e. The van der Waals surface area contributed by atoms with E-state index in [2.05, 4.69) is 34.0 Å². The van der Waals surface area contributed by atoms with Gasteiger partial charge >= 0.3 is 5.97 Å². The molecule has 4 fully saturated rings. The molecule has 3 unspecified atom stereocenters. The summed E-state index contributed by atoms with van der Waals surface area (Å²) in [4.78, 5) is 47.7. The Bertz CT molecular complexity index is 974. The molecule has 0 aliphatic carbocycles. The first-order chi connectivity index (χ1) is 19.7. The second-order valence-electron chi connectivity index (χ2n) is 12.0. The molecule has 41 heavy (non-hydrogen) atoms. The normalized spacial score (nSPS) is 31.8. The van der Waals surface area contributed by atoms with E-state index in [-0.39, 0.29) is 35.8 Å². The highest BCUT2D eigenvalue weighted by Gasteiger charge is 2.77. The Kier molecular flexibility index (Phi) is 11.1. The molecule has 4 rings (SSSR count). The van der Waals surface area contributed by atoms with Crippen LogP contribution in [-0.4, -0.2) is 125 Å². The molecule has 4 heterocycles. The number of aliphatic hydroxyl groups is 1. The van der Waals surface area contributed by atoms with Crippen LogP contribution >= 0.6 is 15.9 Å². The second-order valence-corrected chi connectivity index (χ2v) is 13.2. The van der Waals surface area contributed by atoms with Crippen molar-refractivity contribution in [3.05, 3.63) is 25.3 Å². The standard InChI is InChI=1S/C30H46BrN3O7/c1-5-7-8-14-40-29(38)23-24-27(36)34(21(19-35)17-20(3)4)26(30(24)18-22(31)25(23)41-30)28(37)33(9-6-2)11-10-32-12-15-39-16-13-32/h5-6,20-26,35H,1-2,7-19H2,3-4H3/t21-,22?,23-,24+,25-,26?,30?/m1/s1. The van der Waals surface area contributed by atoms with Crippen molar-refractivity contribution in [1.29, 1.82) is 0 Å². The number of alkyl halides is 1. The minimum absolute atomic E-state index is 0.172. The van der Waals surface area contributed by atoms with Gasteiger partial charge < -0.3 is 29.1 Å². The number of carbonyl (C=O) groups excluding carboxylic acids is 3. The van der Waals surface area contributed by atoms with Gasteiger partial charge in [-0.05, 0) is 31.6 Å². The fourth-order valence-electron chi connectivity index (χ4n) is 7.03. The van der Waals surface area contributed by atoms with E-state index < -0.39 is 41.6 Å². The first-order valence-corrected chi connectivity index (χ1v) is 15.8. The van der Waals surface area contributed by atoms with Gasteiger partial charge in [-0.1, -0.05) is 41.9 Å².